The fourth-order valence-electron chi connectivity index (χ4n) is 0.625. The van der Waals surface area contributed by atoms with Crippen LogP contribution >= 0.6 is 11.8 Å². The highest BCUT2D eigenvalue weighted by Gasteiger charge is 2.21. The van der Waals surface area contributed by atoms with Gasteiger partial charge in [-0.3, -0.25) is 4.79 Å². The molecule has 0 aromatic carbocycles. The maximum Gasteiger partial charge on any atom is 0.324 e. The molecule has 1 atom stereocenters. The molecule has 1 unspecified atom stereocenters. The standard InChI is InChI=1S/C8H17NO2S/c1-8(2,3)11-7(10)6(9)5-12-4/h6H,5,9H2,1-4H3. The van der Waals surface area contributed by atoms with Crippen LogP contribution in [0.3, 0.4) is 0 Å². The number of nitrogens with two attached hydrogens (primary N) is 1. The van der Waals surface area contributed by atoms with E-state index in [9.17, 15) is 4.79 Å². The Morgan fingerprint density at radius 3 is 2.42 bits per heavy atom. The van der Waals surface area contributed by atoms with Gasteiger partial charge in [0, 0.05) is 5.75 Å². The van der Waals surface area contributed by atoms with Crippen molar-refractivity contribution in [3.05, 3.63) is 0 Å². The quantitative estimate of drug-likeness (QED) is 0.677. The largest absolute Gasteiger partial charge is 0.459 e. The number of hydrogen-bond acceptors (Lipinski definition) is 4. The highest BCUT2D eigenvalue weighted by molar-refractivity contribution is 7.98. The Morgan fingerprint density at radius 2 is 2.08 bits per heavy atom. The third-order valence-corrected chi connectivity index (χ3v) is 1.75. The molecule has 72 valence electrons. The number of ether oxygens (including phenoxy) is 1. The molecule has 0 fully saturated rings. The summed E-state index contributed by atoms with van der Waals surface area (Å²) in [7, 11) is 0. The van der Waals surface area contributed by atoms with Crippen LogP contribution in [-0.4, -0.2) is 29.6 Å². The highest BCUT2D eigenvalue weighted by atomic mass is 32.2. The van der Waals surface area contributed by atoms with Gasteiger partial charge in [0.2, 0.25) is 0 Å². The zero-order valence-electron chi connectivity index (χ0n) is 8.09. The second-order valence-corrected chi connectivity index (χ2v) is 4.51. The van der Waals surface area contributed by atoms with Gasteiger partial charge in [-0.1, -0.05) is 0 Å². The van der Waals surface area contributed by atoms with E-state index in [4.69, 9.17) is 10.5 Å². The Hall–Kier alpha value is -0.220. The van der Waals surface area contributed by atoms with Gasteiger partial charge in [-0.2, -0.15) is 11.8 Å². The first-order valence-electron chi connectivity index (χ1n) is 3.84. The van der Waals surface area contributed by atoms with Crippen molar-refractivity contribution in [1.29, 1.82) is 0 Å². The molecule has 2 N–H and O–H groups in total. The fourth-order valence-corrected chi connectivity index (χ4v) is 1.12. The number of esters is 1. The van der Waals surface area contributed by atoms with Crippen molar-refractivity contribution in [3.63, 3.8) is 0 Å². The number of rotatable bonds is 3. The summed E-state index contributed by atoms with van der Waals surface area (Å²) < 4.78 is 5.07. The SMILES string of the molecule is CSCC(N)C(=O)OC(C)(C)C. The Bertz CT molecular complexity index is 154. The summed E-state index contributed by atoms with van der Waals surface area (Å²) in [6.45, 7) is 5.49. The van der Waals surface area contributed by atoms with Gasteiger partial charge >= 0.3 is 5.97 Å². The first-order chi connectivity index (χ1) is 5.37. The normalized spacial score (nSPS) is 14.1. The van der Waals surface area contributed by atoms with E-state index in [0.29, 0.717) is 5.75 Å². The molecule has 0 saturated heterocycles. The van der Waals surface area contributed by atoms with Crippen molar-refractivity contribution in [3.8, 4) is 0 Å². The van der Waals surface area contributed by atoms with Gasteiger partial charge < -0.3 is 10.5 Å². The molecule has 0 aromatic heterocycles. The lowest BCUT2D eigenvalue weighted by Gasteiger charge is -2.21. The molecule has 4 heteroatoms. The molecule has 0 spiro atoms. The van der Waals surface area contributed by atoms with E-state index in [-0.39, 0.29) is 5.97 Å². The first-order valence-corrected chi connectivity index (χ1v) is 5.23. The lowest BCUT2D eigenvalue weighted by Crippen LogP contribution is -2.38. The van der Waals surface area contributed by atoms with Crippen molar-refractivity contribution in [2.24, 2.45) is 5.73 Å². The van der Waals surface area contributed by atoms with Gasteiger partial charge in [-0.05, 0) is 27.0 Å². The van der Waals surface area contributed by atoms with Crippen LogP contribution in [0.25, 0.3) is 0 Å². The average Bonchev–Trinajstić information content (AvgIpc) is 1.84. The summed E-state index contributed by atoms with van der Waals surface area (Å²) in [5, 5.41) is 0. The molecule has 3 nitrogen and oxygen atoms in total. The summed E-state index contributed by atoms with van der Waals surface area (Å²) in [5.41, 5.74) is 5.10. The average molecular weight is 191 g/mol. The van der Waals surface area contributed by atoms with Gasteiger partial charge in [-0.25, -0.2) is 0 Å². The minimum atomic E-state index is -0.501. The van der Waals surface area contributed by atoms with E-state index in [1.807, 2.05) is 27.0 Å². The van der Waals surface area contributed by atoms with Gasteiger partial charge in [-0.15, -0.1) is 0 Å². The van der Waals surface area contributed by atoms with Crippen LogP contribution in [0.4, 0.5) is 0 Å². The van der Waals surface area contributed by atoms with Gasteiger partial charge in [0.25, 0.3) is 0 Å². The predicted octanol–water partition coefficient (Wildman–Crippen LogP) is 1.02. The first kappa shape index (κ1) is 11.8. The van der Waals surface area contributed by atoms with Crippen molar-refractivity contribution in [2.75, 3.05) is 12.0 Å². The lowest BCUT2D eigenvalue weighted by atomic mass is 10.2. The van der Waals surface area contributed by atoms with Gasteiger partial charge in [0.05, 0.1) is 0 Å². The Balaban J connectivity index is 3.87. The van der Waals surface area contributed by atoms with Crippen LogP contribution in [0.15, 0.2) is 0 Å². The molecular weight excluding hydrogens is 174 g/mol. The van der Waals surface area contributed by atoms with E-state index >= 15 is 0 Å². The lowest BCUT2D eigenvalue weighted by molar-refractivity contribution is -0.155. The van der Waals surface area contributed by atoms with Crippen LogP contribution in [0.2, 0.25) is 0 Å². The molecule has 12 heavy (non-hydrogen) atoms. The van der Waals surface area contributed by atoms with Crippen LogP contribution in [0.5, 0.6) is 0 Å². The fraction of sp³-hybridized carbons (Fsp3) is 0.875. The van der Waals surface area contributed by atoms with E-state index < -0.39 is 11.6 Å². The van der Waals surface area contributed by atoms with E-state index in [2.05, 4.69) is 0 Å². The van der Waals surface area contributed by atoms with Crippen molar-refractivity contribution < 1.29 is 9.53 Å². The summed E-state index contributed by atoms with van der Waals surface area (Å²) in [6, 6.07) is -0.501. The molecular formula is C8H17NO2S. The van der Waals surface area contributed by atoms with Crippen LogP contribution < -0.4 is 5.73 Å². The van der Waals surface area contributed by atoms with Crippen molar-refractivity contribution in [1.82, 2.24) is 0 Å². The number of carbonyl (C=O) groups excluding carboxylic acids is 1. The monoisotopic (exact) mass is 191 g/mol. The second-order valence-electron chi connectivity index (χ2n) is 3.60. The highest BCUT2D eigenvalue weighted by Crippen LogP contribution is 2.08. The van der Waals surface area contributed by atoms with Gasteiger partial charge in [0.1, 0.15) is 11.6 Å². The molecule has 0 heterocycles. The van der Waals surface area contributed by atoms with Crippen molar-refractivity contribution in [2.45, 2.75) is 32.4 Å². The maximum absolute atomic E-state index is 11.2. The number of hydrogen-bond donors (Lipinski definition) is 1. The zero-order chi connectivity index (χ0) is 9.78. The molecule has 0 aliphatic heterocycles. The maximum atomic E-state index is 11.2. The minimum Gasteiger partial charge on any atom is -0.459 e. The van der Waals surface area contributed by atoms with E-state index in [1.165, 1.54) is 11.8 Å². The van der Waals surface area contributed by atoms with E-state index in [0.717, 1.165) is 0 Å². The second kappa shape index (κ2) is 4.72. The number of carbonyl (C=O) groups is 1. The smallest absolute Gasteiger partial charge is 0.324 e. The zero-order valence-corrected chi connectivity index (χ0v) is 8.90. The molecule has 0 saturated carbocycles. The molecule has 0 radical (unpaired) electrons. The van der Waals surface area contributed by atoms with Gasteiger partial charge in [0.15, 0.2) is 0 Å². The molecule has 0 rings (SSSR count). The van der Waals surface area contributed by atoms with Crippen LogP contribution in [0, 0.1) is 0 Å². The Labute approximate surface area is 78.0 Å². The van der Waals surface area contributed by atoms with Crippen LogP contribution in [-0.2, 0) is 9.53 Å². The van der Waals surface area contributed by atoms with E-state index in [1.54, 1.807) is 0 Å². The molecule has 0 aliphatic carbocycles. The molecule has 0 aliphatic rings. The molecule has 0 amide bonds. The third-order valence-electron chi connectivity index (χ3n) is 1.06. The van der Waals surface area contributed by atoms with Crippen LogP contribution in [0.1, 0.15) is 20.8 Å². The predicted molar refractivity (Wildman–Crippen MR) is 52.2 cm³/mol. The topological polar surface area (TPSA) is 52.3 Å². The minimum absolute atomic E-state index is 0.322. The summed E-state index contributed by atoms with van der Waals surface area (Å²) in [5.74, 6) is 0.284. The molecule has 0 bridgehead atoms. The van der Waals surface area contributed by atoms with Crippen molar-refractivity contribution >= 4 is 17.7 Å². The Kier molecular flexibility index (Phi) is 4.63. The molecule has 0 aromatic rings. The number of thioether (sulfide) groups is 1. The third kappa shape index (κ3) is 5.43. The summed E-state index contributed by atoms with van der Waals surface area (Å²) >= 11 is 1.54. The Morgan fingerprint density at radius 1 is 1.58 bits per heavy atom. The summed E-state index contributed by atoms with van der Waals surface area (Å²) in [6.07, 6.45) is 1.91. The summed E-state index contributed by atoms with van der Waals surface area (Å²) in [4.78, 5) is 11.2.